The summed E-state index contributed by atoms with van der Waals surface area (Å²) < 4.78 is 5.75. The van der Waals surface area contributed by atoms with Gasteiger partial charge in [-0.3, -0.25) is 0 Å². The van der Waals surface area contributed by atoms with Gasteiger partial charge in [0, 0.05) is 17.0 Å². The fraction of sp³-hybridized carbons (Fsp3) is 0.455. The normalized spacial score (nSPS) is 17.7. The Labute approximate surface area is 88.5 Å². The molecular formula is C11H13ClO2. The summed E-state index contributed by atoms with van der Waals surface area (Å²) in [6.45, 7) is 4.03. The number of ether oxygens (including phenoxy) is 1. The van der Waals surface area contributed by atoms with Gasteiger partial charge in [0.1, 0.15) is 11.4 Å². The fourth-order valence-electron chi connectivity index (χ4n) is 1.86. The summed E-state index contributed by atoms with van der Waals surface area (Å²) in [6.07, 6.45) is 0.843. The smallest absolute Gasteiger partial charge is 0.129 e. The van der Waals surface area contributed by atoms with Gasteiger partial charge in [-0.2, -0.15) is 0 Å². The number of rotatable bonds is 1. The number of aliphatic hydroxyl groups excluding tert-OH is 1. The highest BCUT2D eigenvalue weighted by atomic mass is 35.5. The van der Waals surface area contributed by atoms with Crippen molar-refractivity contribution in [2.45, 2.75) is 32.5 Å². The van der Waals surface area contributed by atoms with Gasteiger partial charge < -0.3 is 9.84 Å². The molecule has 0 aromatic heterocycles. The predicted molar refractivity (Wildman–Crippen MR) is 55.8 cm³/mol. The zero-order chi connectivity index (χ0) is 10.3. The first-order valence-electron chi connectivity index (χ1n) is 4.63. The van der Waals surface area contributed by atoms with E-state index < -0.39 is 0 Å². The van der Waals surface area contributed by atoms with Crippen LogP contribution in [0.25, 0.3) is 0 Å². The zero-order valence-corrected chi connectivity index (χ0v) is 9.06. The van der Waals surface area contributed by atoms with Crippen molar-refractivity contribution >= 4 is 11.6 Å². The Morgan fingerprint density at radius 1 is 1.50 bits per heavy atom. The van der Waals surface area contributed by atoms with Gasteiger partial charge in [-0.05, 0) is 31.5 Å². The van der Waals surface area contributed by atoms with Crippen LogP contribution in [0.15, 0.2) is 12.1 Å². The van der Waals surface area contributed by atoms with Gasteiger partial charge in [-0.25, -0.2) is 0 Å². The standard InChI is InChI=1S/C11H13ClO2/c1-11(2)5-7-3-9(12)4-8(6-13)10(7)14-11/h3-4,13H,5-6H2,1-2H3. The van der Waals surface area contributed by atoms with Crippen molar-refractivity contribution in [1.29, 1.82) is 0 Å². The highest BCUT2D eigenvalue weighted by Gasteiger charge is 2.31. The van der Waals surface area contributed by atoms with Crippen LogP contribution in [0.5, 0.6) is 5.75 Å². The highest BCUT2D eigenvalue weighted by molar-refractivity contribution is 6.30. The summed E-state index contributed by atoms with van der Waals surface area (Å²) in [7, 11) is 0. The van der Waals surface area contributed by atoms with Crippen LogP contribution >= 0.6 is 11.6 Å². The maximum absolute atomic E-state index is 9.16. The molecule has 1 aromatic carbocycles. The van der Waals surface area contributed by atoms with E-state index in [9.17, 15) is 0 Å². The van der Waals surface area contributed by atoms with Crippen LogP contribution < -0.4 is 4.74 Å². The largest absolute Gasteiger partial charge is 0.487 e. The lowest BCUT2D eigenvalue weighted by Gasteiger charge is -2.17. The van der Waals surface area contributed by atoms with Crippen LogP contribution in [0.2, 0.25) is 5.02 Å². The van der Waals surface area contributed by atoms with Gasteiger partial charge in [0.05, 0.1) is 6.61 Å². The lowest BCUT2D eigenvalue weighted by Crippen LogP contribution is -2.24. The molecule has 2 nitrogen and oxygen atoms in total. The Bertz CT molecular complexity index is 372. The first-order chi connectivity index (χ1) is 6.52. The van der Waals surface area contributed by atoms with E-state index in [-0.39, 0.29) is 12.2 Å². The van der Waals surface area contributed by atoms with Crippen LogP contribution in [0.3, 0.4) is 0 Å². The molecular weight excluding hydrogens is 200 g/mol. The molecule has 14 heavy (non-hydrogen) atoms. The minimum Gasteiger partial charge on any atom is -0.487 e. The topological polar surface area (TPSA) is 29.5 Å². The van der Waals surface area contributed by atoms with Crippen molar-refractivity contribution in [2.75, 3.05) is 0 Å². The van der Waals surface area contributed by atoms with E-state index in [1.807, 2.05) is 19.9 Å². The minimum absolute atomic E-state index is 0.0288. The van der Waals surface area contributed by atoms with Crippen molar-refractivity contribution in [1.82, 2.24) is 0 Å². The number of halogens is 1. The van der Waals surface area contributed by atoms with Gasteiger partial charge in [0.2, 0.25) is 0 Å². The summed E-state index contributed by atoms with van der Waals surface area (Å²) in [5, 5.41) is 9.82. The third-order valence-corrected chi connectivity index (χ3v) is 2.59. The molecule has 0 amide bonds. The lowest BCUT2D eigenvalue weighted by molar-refractivity contribution is 0.134. The number of aliphatic hydroxyl groups is 1. The molecule has 0 unspecified atom stereocenters. The average molecular weight is 213 g/mol. The molecule has 1 aliphatic rings. The maximum Gasteiger partial charge on any atom is 0.129 e. The second kappa shape index (κ2) is 3.14. The quantitative estimate of drug-likeness (QED) is 0.775. The Hall–Kier alpha value is -0.730. The molecule has 1 N–H and O–H groups in total. The third-order valence-electron chi connectivity index (χ3n) is 2.37. The van der Waals surface area contributed by atoms with Crippen LogP contribution in [0.1, 0.15) is 25.0 Å². The molecule has 0 saturated carbocycles. The van der Waals surface area contributed by atoms with Gasteiger partial charge in [-0.15, -0.1) is 0 Å². The van der Waals surface area contributed by atoms with Crippen LogP contribution in [0, 0.1) is 0 Å². The van der Waals surface area contributed by atoms with E-state index in [1.165, 1.54) is 0 Å². The van der Waals surface area contributed by atoms with Crippen LogP contribution in [-0.2, 0) is 13.0 Å². The Morgan fingerprint density at radius 3 is 2.86 bits per heavy atom. The van der Waals surface area contributed by atoms with Gasteiger partial charge in [0.25, 0.3) is 0 Å². The van der Waals surface area contributed by atoms with E-state index in [1.54, 1.807) is 6.07 Å². The van der Waals surface area contributed by atoms with Gasteiger partial charge in [-0.1, -0.05) is 11.6 Å². The first-order valence-corrected chi connectivity index (χ1v) is 5.01. The van der Waals surface area contributed by atoms with Crippen molar-refractivity contribution < 1.29 is 9.84 Å². The molecule has 0 aliphatic carbocycles. The third kappa shape index (κ3) is 1.60. The van der Waals surface area contributed by atoms with E-state index in [2.05, 4.69) is 0 Å². The number of fused-ring (bicyclic) bond motifs is 1. The van der Waals surface area contributed by atoms with Crippen molar-refractivity contribution in [3.8, 4) is 5.75 Å². The Kier molecular flexibility index (Phi) is 2.20. The lowest BCUT2D eigenvalue weighted by atomic mass is 10.0. The second-order valence-electron chi connectivity index (χ2n) is 4.25. The molecule has 0 radical (unpaired) electrons. The van der Waals surface area contributed by atoms with E-state index in [0.29, 0.717) is 5.02 Å². The highest BCUT2D eigenvalue weighted by Crippen LogP contribution is 2.39. The molecule has 2 rings (SSSR count). The van der Waals surface area contributed by atoms with Gasteiger partial charge >= 0.3 is 0 Å². The van der Waals surface area contributed by atoms with Crippen molar-refractivity contribution in [2.24, 2.45) is 0 Å². The SMILES string of the molecule is CC1(C)Cc2cc(Cl)cc(CO)c2O1. The summed E-state index contributed by atoms with van der Waals surface area (Å²) >= 11 is 5.93. The maximum atomic E-state index is 9.16. The van der Waals surface area contributed by atoms with Crippen LogP contribution in [0.4, 0.5) is 0 Å². The predicted octanol–water partition coefficient (Wildman–Crippen LogP) is 2.55. The molecule has 1 heterocycles. The van der Waals surface area contributed by atoms with E-state index in [0.717, 1.165) is 23.3 Å². The summed E-state index contributed by atoms with van der Waals surface area (Å²) in [6, 6.07) is 3.66. The van der Waals surface area contributed by atoms with Crippen molar-refractivity contribution in [3.05, 3.63) is 28.3 Å². The molecule has 0 saturated heterocycles. The van der Waals surface area contributed by atoms with E-state index in [4.69, 9.17) is 21.4 Å². The molecule has 0 spiro atoms. The van der Waals surface area contributed by atoms with E-state index >= 15 is 0 Å². The number of benzene rings is 1. The van der Waals surface area contributed by atoms with Crippen LogP contribution in [-0.4, -0.2) is 10.7 Å². The summed E-state index contributed by atoms with van der Waals surface area (Å²) in [5.74, 6) is 0.807. The number of hydrogen-bond acceptors (Lipinski definition) is 2. The molecule has 3 heteroatoms. The average Bonchev–Trinajstić information content (AvgIpc) is 2.37. The monoisotopic (exact) mass is 212 g/mol. The van der Waals surface area contributed by atoms with Gasteiger partial charge in [0.15, 0.2) is 0 Å². The Morgan fingerprint density at radius 2 is 2.21 bits per heavy atom. The minimum atomic E-state index is -0.184. The molecule has 0 atom stereocenters. The number of hydrogen-bond donors (Lipinski definition) is 1. The summed E-state index contributed by atoms with van der Waals surface area (Å²) in [5.41, 5.74) is 1.68. The second-order valence-corrected chi connectivity index (χ2v) is 4.69. The molecule has 76 valence electrons. The molecule has 0 bridgehead atoms. The molecule has 1 aliphatic heterocycles. The summed E-state index contributed by atoms with van der Waals surface area (Å²) in [4.78, 5) is 0. The zero-order valence-electron chi connectivity index (χ0n) is 8.30. The molecule has 1 aromatic rings. The van der Waals surface area contributed by atoms with Crippen molar-refractivity contribution in [3.63, 3.8) is 0 Å². The molecule has 0 fully saturated rings. The fourth-order valence-corrected chi connectivity index (χ4v) is 2.13. The first kappa shape index (κ1) is 9.81. The Balaban J connectivity index is 2.50.